The molecule has 0 aliphatic heterocycles. The fourth-order valence-electron chi connectivity index (χ4n) is 4.99. The van der Waals surface area contributed by atoms with E-state index in [0.29, 0.717) is 18.6 Å². The van der Waals surface area contributed by atoms with E-state index in [-0.39, 0.29) is 5.92 Å². The number of rotatable bonds is 11. The smallest absolute Gasteiger partial charge is 0.140 e. The molecule has 0 aliphatic rings. The van der Waals surface area contributed by atoms with Crippen LogP contribution in [-0.4, -0.2) is 24.9 Å². The number of benzene rings is 2. The molecule has 0 N–H and O–H groups in total. The Morgan fingerprint density at radius 3 is 2.67 bits per heavy atom. The van der Waals surface area contributed by atoms with Crippen molar-refractivity contribution in [2.24, 2.45) is 0 Å². The van der Waals surface area contributed by atoms with Gasteiger partial charge in [0.05, 0.1) is 6.33 Å². The van der Waals surface area contributed by atoms with E-state index in [0.717, 1.165) is 37.0 Å². The second-order valence-corrected chi connectivity index (χ2v) is 9.54. The first-order valence-corrected chi connectivity index (χ1v) is 12.7. The highest BCUT2D eigenvalue weighted by Gasteiger charge is 2.23. The number of unbranched alkanes of at least 4 members (excludes halogenated alkanes) is 1. The average Bonchev–Trinajstić information content (AvgIpc) is 3.54. The molecule has 0 radical (unpaired) electrons. The summed E-state index contributed by atoms with van der Waals surface area (Å²) in [6, 6.07) is 23.1. The van der Waals surface area contributed by atoms with E-state index < -0.39 is 0 Å². The maximum absolute atomic E-state index is 13.2. The molecule has 2 aromatic carbocycles. The Morgan fingerprint density at radius 1 is 0.972 bits per heavy atom. The van der Waals surface area contributed by atoms with Crippen molar-refractivity contribution in [1.29, 1.82) is 0 Å². The minimum atomic E-state index is -0.00484. The lowest BCUT2D eigenvalue weighted by molar-refractivity contribution is -0.119. The molecule has 0 saturated carbocycles. The highest BCUT2D eigenvalue weighted by Crippen LogP contribution is 2.35. The van der Waals surface area contributed by atoms with E-state index in [1.807, 2.05) is 30.9 Å². The highest BCUT2D eigenvalue weighted by atomic mass is 16.1. The summed E-state index contributed by atoms with van der Waals surface area (Å²) in [5.74, 6) is 0.301. The number of carbonyl (C=O) groups is 1. The van der Waals surface area contributed by atoms with Crippen LogP contribution in [0.5, 0.6) is 0 Å². The molecular weight excluding hydrogens is 444 g/mol. The molecule has 0 amide bonds. The highest BCUT2D eigenvalue weighted by molar-refractivity contribution is 5.85. The van der Waals surface area contributed by atoms with Crippen LogP contribution in [-0.2, 0) is 17.9 Å². The molecule has 5 heteroatoms. The molecule has 3 aromatic heterocycles. The average molecular weight is 477 g/mol. The third-order valence-electron chi connectivity index (χ3n) is 6.79. The molecule has 3 heterocycles. The molecule has 0 fully saturated rings. The minimum Gasteiger partial charge on any atom is -0.337 e. The third kappa shape index (κ3) is 5.62. The number of hydrogen-bond donors (Lipinski definition) is 0. The number of ketones is 1. The van der Waals surface area contributed by atoms with Crippen molar-refractivity contribution >= 4 is 16.8 Å². The van der Waals surface area contributed by atoms with Crippen molar-refractivity contribution in [3.63, 3.8) is 0 Å². The number of aromatic nitrogens is 4. The summed E-state index contributed by atoms with van der Waals surface area (Å²) in [6.07, 6.45) is 12.6. The molecule has 1 atom stereocenters. The molecule has 5 rings (SSSR count). The Hall–Kier alpha value is -3.99. The van der Waals surface area contributed by atoms with E-state index in [4.69, 9.17) is 4.98 Å². The zero-order chi connectivity index (χ0) is 24.7. The van der Waals surface area contributed by atoms with Gasteiger partial charge in [0.15, 0.2) is 0 Å². The maximum atomic E-state index is 13.2. The minimum absolute atomic E-state index is 0.00484. The van der Waals surface area contributed by atoms with Crippen molar-refractivity contribution in [2.45, 2.75) is 51.6 Å². The number of nitrogens with zero attached hydrogens (tertiary/aromatic N) is 4. The first-order valence-electron chi connectivity index (χ1n) is 12.7. The summed E-state index contributed by atoms with van der Waals surface area (Å²) >= 11 is 0. The van der Waals surface area contributed by atoms with Gasteiger partial charge in [-0.1, -0.05) is 60.2 Å². The molecule has 0 aliphatic carbocycles. The van der Waals surface area contributed by atoms with Gasteiger partial charge in [0.2, 0.25) is 0 Å². The number of fused-ring (bicyclic) bond motifs is 1. The van der Waals surface area contributed by atoms with Crippen LogP contribution < -0.4 is 0 Å². The lowest BCUT2D eigenvalue weighted by atomic mass is 9.85. The van der Waals surface area contributed by atoms with Crippen LogP contribution in [0.3, 0.4) is 0 Å². The predicted molar refractivity (Wildman–Crippen MR) is 144 cm³/mol. The molecule has 36 heavy (non-hydrogen) atoms. The summed E-state index contributed by atoms with van der Waals surface area (Å²) in [5, 5.41) is 1.12. The van der Waals surface area contributed by atoms with Crippen molar-refractivity contribution in [1.82, 2.24) is 19.1 Å². The number of hydrogen-bond acceptors (Lipinski definition) is 3. The SMILES string of the molecule is Cc1cccc(C(CC(=O)CCCCn2ccnc2)c2cn(Cc3ccccc3)c3ncccc23)c1. The summed E-state index contributed by atoms with van der Waals surface area (Å²) in [5.41, 5.74) is 5.75. The molecule has 5 nitrogen and oxygen atoms in total. The van der Waals surface area contributed by atoms with Crippen LogP contribution in [0.2, 0.25) is 0 Å². The van der Waals surface area contributed by atoms with E-state index in [1.54, 1.807) is 6.20 Å². The van der Waals surface area contributed by atoms with Gasteiger partial charge in [-0.3, -0.25) is 4.79 Å². The van der Waals surface area contributed by atoms with Crippen LogP contribution in [0.15, 0.2) is 97.8 Å². The number of imidazole rings is 1. The van der Waals surface area contributed by atoms with Gasteiger partial charge in [0, 0.05) is 62.0 Å². The molecule has 182 valence electrons. The van der Waals surface area contributed by atoms with Crippen molar-refractivity contribution < 1.29 is 4.79 Å². The van der Waals surface area contributed by atoms with Crippen LogP contribution in [0, 0.1) is 6.92 Å². The monoisotopic (exact) mass is 476 g/mol. The van der Waals surface area contributed by atoms with Crippen molar-refractivity contribution in [3.05, 3.63) is 120 Å². The maximum Gasteiger partial charge on any atom is 0.140 e. The van der Waals surface area contributed by atoms with E-state index >= 15 is 0 Å². The van der Waals surface area contributed by atoms with Crippen LogP contribution in [0.1, 0.15) is 53.9 Å². The molecule has 5 aromatic rings. The topological polar surface area (TPSA) is 52.7 Å². The fraction of sp³-hybridized carbons (Fsp3) is 0.258. The fourth-order valence-corrected chi connectivity index (χ4v) is 4.99. The molecule has 0 bridgehead atoms. The first-order chi connectivity index (χ1) is 17.7. The molecule has 0 saturated heterocycles. The second-order valence-electron chi connectivity index (χ2n) is 9.54. The lowest BCUT2D eigenvalue weighted by Crippen LogP contribution is -2.09. The van der Waals surface area contributed by atoms with E-state index in [2.05, 4.69) is 81.8 Å². The number of Topliss-reactive ketones (excluding diaryl/α,β-unsaturated/α-hetero) is 1. The number of aryl methyl sites for hydroxylation is 2. The number of carbonyl (C=O) groups excluding carboxylic acids is 1. The summed E-state index contributed by atoms with van der Waals surface area (Å²) in [6.45, 7) is 3.75. The van der Waals surface area contributed by atoms with Crippen molar-refractivity contribution in [3.8, 4) is 0 Å². The van der Waals surface area contributed by atoms with Gasteiger partial charge in [-0.25, -0.2) is 9.97 Å². The molecule has 0 spiro atoms. The van der Waals surface area contributed by atoms with Gasteiger partial charge in [0.25, 0.3) is 0 Å². The van der Waals surface area contributed by atoms with Crippen LogP contribution in [0.4, 0.5) is 0 Å². The quantitative estimate of drug-likeness (QED) is 0.203. The zero-order valence-corrected chi connectivity index (χ0v) is 20.8. The van der Waals surface area contributed by atoms with E-state index in [9.17, 15) is 4.79 Å². The zero-order valence-electron chi connectivity index (χ0n) is 20.8. The largest absolute Gasteiger partial charge is 0.337 e. The summed E-state index contributed by atoms with van der Waals surface area (Å²) in [4.78, 5) is 22.1. The standard InChI is InChI=1S/C31H32N4O/c1-24-9-7-12-26(19-24)29(20-27(36)13-5-6-17-34-18-16-32-23-34)30-22-35(21-25-10-3-2-4-11-25)31-28(30)14-8-15-33-31/h2-4,7-12,14-16,18-19,22-23,29H,5-6,13,17,20-21H2,1H3. The van der Waals surface area contributed by atoms with Gasteiger partial charge in [-0.15, -0.1) is 0 Å². The van der Waals surface area contributed by atoms with Gasteiger partial charge in [-0.05, 0) is 48.6 Å². The van der Waals surface area contributed by atoms with Gasteiger partial charge in [0.1, 0.15) is 11.4 Å². The first kappa shape index (κ1) is 23.7. The van der Waals surface area contributed by atoms with Crippen LogP contribution >= 0.6 is 0 Å². The Morgan fingerprint density at radius 2 is 1.86 bits per heavy atom. The van der Waals surface area contributed by atoms with Crippen LogP contribution in [0.25, 0.3) is 11.0 Å². The lowest BCUT2D eigenvalue weighted by Gasteiger charge is -2.17. The van der Waals surface area contributed by atoms with E-state index in [1.165, 1.54) is 22.3 Å². The van der Waals surface area contributed by atoms with Gasteiger partial charge in [-0.2, -0.15) is 0 Å². The Balaban J connectivity index is 1.41. The summed E-state index contributed by atoms with van der Waals surface area (Å²) in [7, 11) is 0. The molecular formula is C31H32N4O. The summed E-state index contributed by atoms with van der Waals surface area (Å²) < 4.78 is 4.28. The Labute approximate surface area is 212 Å². The van der Waals surface area contributed by atoms with Gasteiger partial charge >= 0.3 is 0 Å². The van der Waals surface area contributed by atoms with Gasteiger partial charge < -0.3 is 9.13 Å². The second kappa shape index (κ2) is 11.2. The number of pyridine rings is 1. The molecule has 1 unspecified atom stereocenters. The van der Waals surface area contributed by atoms with Crippen molar-refractivity contribution in [2.75, 3.05) is 0 Å². The predicted octanol–water partition coefficient (Wildman–Crippen LogP) is 6.55. The Bertz CT molecular complexity index is 1420. The Kier molecular flexibility index (Phi) is 7.36. The third-order valence-corrected chi connectivity index (χ3v) is 6.79. The normalized spacial score (nSPS) is 12.1.